The number of carbonyl (C=O) groups excluding carboxylic acids is 2. The van der Waals surface area contributed by atoms with Crippen LogP contribution in [-0.4, -0.2) is 32.4 Å². The maximum atomic E-state index is 13.5. The number of H-pyrrole nitrogens is 1. The van der Waals surface area contributed by atoms with Crippen LogP contribution in [0.2, 0.25) is 0 Å². The molecule has 0 saturated carbocycles. The van der Waals surface area contributed by atoms with Gasteiger partial charge < -0.3 is 15.0 Å². The van der Waals surface area contributed by atoms with Crippen LogP contribution in [0.5, 0.6) is 0 Å². The zero-order chi connectivity index (χ0) is 28.3. The molecule has 0 unspecified atom stereocenters. The van der Waals surface area contributed by atoms with Crippen LogP contribution in [0.1, 0.15) is 36.9 Å². The van der Waals surface area contributed by atoms with Crippen molar-refractivity contribution in [1.29, 1.82) is 0 Å². The van der Waals surface area contributed by atoms with Crippen molar-refractivity contribution < 1.29 is 18.7 Å². The number of halogens is 1. The van der Waals surface area contributed by atoms with Crippen LogP contribution in [0.3, 0.4) is 0 Å². The second kappa shape index (κ2) is 11.4. The van der Waals surface area contributed by atoms with Gasteiger partial charge in [0, 0.05) is 46.8 Å². The van der Waals surface area contributed by atoms with Crippen molar-refractivity contribution in [3.05, 3.63) is 100 Å². The van der Waals surface area contributed by atoms with E-state index in [1.54, 1.807) is 51.4 Å². The Labute approximate surface area is 235 Å². The molecule has 0 aliphatic rings. The van der Waals surface area contributed by atoms with Gasteiger partial charge in [-0.2, -0.15) is 0 Å². The molecule has 2 N–H and O–H groups in total. The lowest BCUT2D eigenvalue weighted by Gasteiger charge is -2.23. The summed E-state index contributed by atoms with van der Waals surface area (Å²) in [5, 5.41) is 5.59. The second-order valence-electron chi connectivity index (χ2n) is 10.5. The molecule has 0 aliphatic carbocycles. The van der Waals surface area contributed by atoms with Gasteiger partial charge in [-0.25, -0.2) is 9.37 Å². The summed E-state index contributed by atoms with van der Waals surface area (Å²) < 4.78 is 19.1. The summed E-state index contributed by atoms with van der Waals surface area (Å²) >= 11 is 1.48. The highest BCUT2D eigenvalue weighted by Gasteiger charge is 2.32. The van der Waals surface area contributed by atoms with Crippen LogP contribution in [0.25, 0.3) is 22.2 Å². The van der Waals surface area contributed by atoms with Crippen molar-refractivity contribution >= 4 is 40.1 Å². The number of hydrogen-bond donors (Lipinski definition) is 2. The smallest absolute Gasteiger partial charge is 0.319 e. The topological polar surface area (TPSA) is 97.0 Å². The Morgan fingerprint density at radius 1 is 1.05 bits per heavy atom. The first kappa shape index (κ1) is 27.2. The summed E-state index contributed by atoms with van der Waals surface area (Å²) in [6, 6.07) is 17.6. The fourth-order valence-electron chi connectivity index (χ4n) is 4.48. The predicted molar refractivity (Wildman–Crippen MR) is 155 cm³/mol. The summed E-state index contributed by atoms with van der Waals surface area (Å²) in [5.41, 5.74) is 3.60. The third-order valence-electron chi connectivity index (χ3n) is 6.24. The highest BCUT2D eigenvalue weighted by molar-refractivity contribution is 7.09. The number of nitrogens with zero attached hydrogens (tertiary/aromatic N) is 2. The highest BCUT2D eigenvalue weighted by atomic mass is 32.1. The van der Waals surface area contributed by atoms with E-state index < -0.39 is 23.4 Å². The summed E-state index contributed by atoms with van der Waals surface area (Å²) in [7, 11) is 0. The molecule has 0 radical (unpaired) electrons. The lowest BCUT2D eigenvalue weighted by molar-refractivity contribution is -0.161. The maximum absolute atomic E-state index is 13.5. The van der Waals surface area contributed by atoms with Crippen molar-refractivity contribution in [2.45, 2.75) is 39.2 Å². The van der Waals surface area contributed by atoms with Crippen molar-refractivity contribution in [2.75, 3.05) is 5.32 Å². The first-order valence-electron chi connectivity index (χ1n) is 12.9. The number of carbonyl (C=O) groups is 2. The maximum Gasteiger partial charge on any atom is 0.319 e. The Morgan fingerprint density at radius 3 is 2.48 bits per heavy atom. The molecule has 9 heteroatoms. The number of thiophene rings is 1. The Hall–Kier alpha value is -4.37. The fourth-order valence-corrected chi connectivity index (χ4v) is 5.23. The molecule has 0 fully saturated rings. The van der Waals surface area contributed by atoms with Gasteiger partial charge in [-0.1, -0.05) is 18.2 Å². The molecule has 1 amide bonds. The number of amides is 1. The SMILES string of the molecule is CC(C)(C)OC(=O)[C@H](Cc1cccs1)C(=O)Nc1ccc2c(-c3ccncc3)c(Cc3ccc(F)cc3)[nH]c2n1. The Kier molecular flexibility index (Phi) is 7.75. The third kappa shape index (κ3) is 6.43. The van der Waals surface area contributed by atoms with Gasteiger partial charge in [0.1, 0.15) is 28.8 Å². The largest absolute Gasteiger partial charge is 0.459 e. The molecule has 1 aromatic carbocycles. The zero-order valence-corrected chi connectivity index (χ0v) is 23.2. The van der Waals surface area contributed by atoms with Crippen LogP contribution >= 0.6 is 11.3 Å². The minimum Gasteiger partial charge on any atom is -0.459 e. The van der Waals surface area contributed by atoms with Gasteiger partial charge in [-0.05, 0) is 79.7 Å². The lowest BCUT2D eigenvalue weighted by Crippen LogP contribution is -2.37. The quantitative estimate of drug-likeness (QED) is 0.167. The number of esters is 1. The van der Waals surface area contributed by atoms with E-state index in [2.05, 4.69) is 20.3 Å². The average Bonchev–Trinajstić information content (AvgIpc) is 3.55. The molecule has 204 valence electrons. The van der Waals surface area contributed by atoms with Crippen molar-refractivity contribution in [3.63, 3.8) is 0 Å². The Balaban J connectivity index is 1.46. The fraction of sp³-hybridized carbons (Fsp3) is 0.226. The van der Waals surface area contributed by atoms with Crippen LogP contribution < -0.4 is 5.32 Å². The normalized spacial score (nSPS) is 12.3. The standard InChI is InChI=1S/C31H29FN4O3S/c1-31(2,3)39-30(38)24(18-22-5-4-16-40-22)29(37)36-26-11-10-23-27(20-12-14-33-15-13-20)25(34-28(23)35-26)17-19-6-8-21(32)9-7-19/h4-16,24H,17-18H2,1-3H3,(H2,34,35,36,37)/t24-/m1/s1. The summed E-state index contributed by atoms with van der Waals surface area (Å²) in [6.07, 6.45) is 4.21. The average molecular weight is 557 g/mol. The summed E-state index contributed by atoms with van der Waals surface area (Å²) in [4.78, 5) is 39.5. The minimum atomic E-state index is -1.03. The minimum absolute atomic E-state index is 0.233. The van der Waals surface area contributed by atoms with E-state index in [-0.39, 0.29) is 12.2 Å². The van der Waals surface area contributed by atoms with Crippen LogP contribution in [0, 0.1) is 11.7 Å². The zero-order valence-electron chi connectivity index (χ0n) is 22.4. The molecule has 7 nitrogen and oxygen atoms in total. The highest BCUT2D eigenvalue weighted by Crippen LogP contribution is 2.34. The van der Waals surface area contributed by atoms with Gasteiger partial charge >= 0.3 is 5.97 Å². The van der Waals surface area contributed by atoms with Crippen LogP contribution in [-0.2, 0) is 27.2 Å². The van der Waals surface area contributed by atoms with Gasteiger partial charge in [0.25, 0.3) is 0 Å². The number of fused-ring (bicyclic) bond motifs is 1. The lowest BCUT2D eigenvalue weighted by atomic mass is 10.00. The van der Waals surface area contributed by atoms with E-state index >= 15 is 0 Å². The Morgan fingerprint density at radius 2 is 1.80 bits per heavy atom. The number of ether oxygens (including phenoxy) is 1. The van der Waals surface area contributed by atoms with E-state index in [1.165, 1.54) is 23.5 Å². The molecule has 40 heavy (non-hydrogen) atoms. The first-order valence-corrected chi connectivity index (χ1v) is 13.8. The second-order valence-corrected chi connectivity index (χ2v) is 11.5. The molecule has 0 bridgehead atoms. The molecule has 5 aromatic rings. The summed E-state index contributed by atoms with van der Waals surface area (Å²) in [6.45, 7) is 5.32. The molecule has 5 rings (SSSR count). The predicted octanol–water partition coefficient (Wildman–Crippen LogP) is 6.56. The molecule has 4 aromatic heterocycles. The number of anilines is 1. The molecule has 1 atom stereocenters. The summed E-state index contributed by atoms with van der Waals surface area (Å²) in [5.74, 6) is -2.07. The van der Waals surface area contributed by atoms with E-state index in [1.807, 2.05) is 35.7 Å². The van der Waals surface area contributed by atoms with Gasteiger partial charge in [-0.15, -0.1) is 11.3 Å². The van der Waals surface area contributed by atoms with Crippen LogP contribution in [0.4, 0.5) is 10.2 Å². The van der Waals surface area contributed by atoms with Crippen molar-refractivity contribution in [3.8, 4) is 11.1 Å². The van der Waals surface area contributed by atoms with Crippen molar-refractivity contribution in [1.82, 2.24) is 15.0 Å². The van der Waals surface area contributed by atoms with E-state index in [4.69, 9.17) is 4.74 Å². The van der Waals surface area contributed by atoms with Gasteiger partial charge in [0.15, 0.2) is 0 Å². The number of benzene rings is 1. The van der Waals surface area contributed by atoms with E-state index in [9.17, 15) is 14.0 Å². The number of rotatable bonds is 8. The number of aromatic nitrogens is 3. The molecule has 0 spiro atoms. The molecule has 4 heterocycles. The Bertz CT molecular complexity index is 1630. The monoisotopic (exact) mass is 556 g/mol. The number of aromatic amines is 1. The van der Waals surface area contributed by atoms with Gasteiger partial charge in [0.05, 0.1) is 0 Å². The molecular weight excluding hydrogens is 527 g/mol. The van der Waals surface area contributed by atoms with E-state index in [0.717, 1.165) is 32.6 Å². The molecule has 0 saturated heterocycles. The van der Waals surface area contributed by atoms with E-state index in [0.29, 0.717) is 17.9 Å². The third-order valence-corrected chi connectivity index (χ3v) is 7.14. The number of nitrogens with one attached hydrogen (secondary N) is 2. The molecule has 0 aliphatic heterocycles. The van der Waals surface area contributed by atoms with Gasteiger partial charge in [-0.3, -0.25) is 14.6 Å². The number of hydrogen-bond acceptors (Lipinski definition) is 6. The van der Waals surface area contributed by atoms with Crippen molar-refractivity contribution in [2.24, 2.45) is 5.92 Å². The molecular formula is C31H29FN4O3S. The first-order chi connectivity index (χ1) is 19.2. The van der Waals surface area contributed by atoms with Gasteiger partial charge in [0.2, 0.25) is 5.91 Å². The number of pyridine rings is 2. The van der Waals surface area contributed by atoms with Crippen LogP contribution in [0.15, 0.2) is 78.4 Å².